The highest BCUT2D eigenvalue weighted by Gasteiger charge is 2.62. The number of amides is 1. The lowest BCUT2D eigenvalue weighted by molar-refractivity contribution is -0.192. The zero-order valence-corrected chi connectivity index (χ0v) is 21.5. The number of nitrogens with zero attached hydrogens (tertiary/aromatic N) is 4. The molecule has 37 heavy (non-hydrogen) atoms. The largest absolute Gasteiger partial charge is 0.490 e. The number of thiazole rings is 1. The highest BCUT2D eigenvalue weighted by molar-refractivity contribution is 7.09. The molecule has 3 fully saturated rings. The second kappa shape index (κ2) is 9.43. The first-order valence-corrected chi connectivity index (χ1v) is 13.2. The van der Waals surface area contributed by atoms with Crippen LogP contribution in [0.3, 0.4) is 0 Å². The fourth-order valence-corrected chi connectivity index (χ4v) is 7.08. The van der Waals surface area contributed by atoms with Crippen LogP contribution in [0.25, 0.3) is 10.9 Å². The number of benzene rings is 1. The van der Waals surface area contributed by atoms with Gasteiger partial charge in [0.2, 0.25) is 5.91 Å². The standard InChI is InChI=1S/C24H28N4OS.C2HF3O2/c1-16-25-18(15-30-16)14-27-10-9-24(23(27)29)11-19-7-8-22(24)28(19)13-17-12-26(2)21-6-4-3-5-20(17)21;3-2(4,5)1(6)7/h3-6,12,15,19,22H,7-11,13-14H2,1-2H3;(H,6,7). The number of alkyl halides is 3. The number of halogens is 3. The molecule has 1 amide bonds. The number of carboxylic acids is 1. The first-order chi connectivity index (χ1) is 17.5. The summed E-state index contributed by atoms with van der Waals surface area (Å²) in [6, 6.07) is 9.59. The Hall–Kier alpha value is -2.92. The van der Waals surface area contributed by atoms with E-state index in [-0.39, 0.29) is 5.41 Å². The van der Waals surface area contributed by atoms with Crippen molar-refractivity contribution in [2.45, 2.75) is 64.0 Å². The van der Waals surface area contributed by atoms with Crippen LogP contribution >= 0.6 is 11.3 Å². The number of hydrogen-bond donors (Lipinski definition) is 1. The van der Waals surface area contributed by atoms with Crippen molar-refractivity contribution in [3.05, 3.63) is 52.1 Å². The Morgan fingerprint density at radius 2 is 1.97 bits per heavy atom. The highest BCUT2D eigenvalue weighted by atomic mass is 32.1. The van der Waals surface area contributed by atoms with Crippen LogP contribution in [0.2, 0.25) is 0 Å². The van der Waals surface area contributed by atoms with Crippen molar-refractivity contribution in [1.82, 2.24) is 19.4 Å². The minimum atomic E-state index is -5.08. The maximum Gasteiger partial charge on any atom is 0.490 e. The van der Waals surface area contributed by atoms with E-state index in [0.29, 0.717) is 24.5 Å². The molecule has 1 N–H and O–H groups in total. The van der Waals surface area contributed by atoms with Gasteiger partial charge in [0.15, 0.2) is 0 Å². The van der Waals surface area contributed by atoms with Crippen LogP contribution in [0, 0.1) is 12.3 Å². The maximum absolute atomic E-state index is 13.6. The summed E-state index contributed by atoms with van der Waals surface area (Å²) in [6.07, 6.45) is 1.62. The first-order valence-electron chi connectivity index (χ1n) is 12.3. The van der Waals surface area contributed by atoms with Gasteiger partial charge in [-0.3, -0.25) is 9.69 Å². The summed E-state index contributed by atoms with van der Waals surface area (Å²) in [7, 11) is 2.13. The maximum atomic E-state index is 13.6. The third-order valence-electron chi connectivity index (χ3n) is 8.02. The molecule has 2 aromatic heterocycles. The van der Waals surface area contributed by atoms with E-state index in [1.54, 1.807) is 11.3 Å². The number of aryl methyl sites for hydroxylation is 2. The van der Waals surface area contributed by atoms with Gasteiger partial charge in [0, 0.05) is 54.7 Å². The van der Waals surface area contributed by atoms with E-state index in [1.807, 2.05) is 6.92 Å². The summed E-state index contributed by atoms with van der Waals surface area (Å²) in [6.45, 7) is 4.53. The molecule has 3 aromatic rings. The smallest absolute Gasteiger partial charge is 0.475 e. The zero-order valence-electron chi connectivity index (χ0n) is 20.7. The number of carbonyl (C=O) groups is 2. The van der Waals surface area contributed by atoms with Crippen LogP contribution in [0.4, 0.5) is 13.2 Å². The van der Waals surface area contributed by atoms with E-state index < -0.39 is 12.1 Å². The lowest BCUT2D eigenvalue weighted by Crippen LogP contribution is -2.43. The summed E-state index contributed by atoms with van der Waals surface area (Å²) in [5.41, 5.74) is 3.55. The van der Waals surface area contributed by atoms with Gasteiger partial charge < -0.3 is 14.6 Å². The Labute approximate surface area is 216 Å². The number of aromatic nitrogens is 2. The Balaban J connectivity index is 0.000000355. The number of hydrogen-bond acceptors (Lipinski definition) is 5. The van der Waals surface area contributed by atoms with Gasteiger partial charge in [0.1, 0.15) is 0 Å². The molecule has 6 rings (SSSR count). The summed E-state index contributed by atoms with van der Waals surface area (Å²) < 4.78 is 34.0. The van der Waals surface area contributed by atoms with Gasteiger partial charge in [0.25, 0.3) is 0 Å². The van der Waals surface area contributed by atoms with Gasteiger partial charge in [-0.25, -0.2) is 9.78 Å². The topological polar surface area (TPSA) is 78.7 Å². The van der Waals surface area contributed by atoms with Crippen LogP contribution in [-0.2, 0) is 29.7 Å². The monoisotopic (exact) mass is 534 g/mol. The molecule has 7 nitrogen and oxygen atoms in total. The van der Waals surface area contributed by atoms with Gasteiger partial charge in [-0.1, -0.05) is 18.2 Å². The number of carboxylic acid groups (broad SMARTS) is 1. The molecule has 1 spiro atoms. The highest BCUT2D eigenvalue weighted by Crippen LogP contribution is 2.55. The van der Waals surface area contributed by atoms with Crippen molar-refractivity contribution in [3.63, 3.8) is 0 Å². The Morgan fingerprint density at radius 1 is 1.24 bits per heavy atom. The fraction of sp³-hybridized carbons (Fsp3) is 0.500. The molecule has 5 heterocycles. The molecule has 3 aliphatic rings. The summed E-state index contributed by atoms with van der Waals surface area (Å²) in [4.78, 5) is 31.8. The van der Waals surface area contributed by atoms with Crippen LogP contribution < -0.4 is 0 Å². The molecule has 0 radical (unpaired) electrons. The molecule has 3 atom stereocenters. The number of likely N-dealkylation sites (tertiary alicyclic amines) is 1. The number of carbonyl (C=O) groups excluding carboxylic acids is 1. The average molecular weight is 535 g/mol. The Bertz CT molecular complexity index is 1340. The van der Waals surface area contributed by atoms with E-state index in [1.165, 1.54) is 22.9 Å². The molecule has 0 aliphatic carbocycles. The molecular formula is C26H29F3N4O3S. The third-order valence-corrected chi connectivity index (χ3v) is 8.84. The van der Waals surface area contributed by atoms with Gasteiger partial charge in [-0.2, -0.15) is 13.2 Å². The zero-order chi connectivity index (χ0) is 26.5. The molecule has 198 valence electrons. The molecule has 11 heteroatoms. The van der Waals surface area contributed by atoms with Crippen LogP contribution in [-0.4, -0.2) is 61.1 Å². The van der Waals surface area contributed by atoms with Gasteiger partial charge in [-0.15, -0.1) is 11.3 Å². The molecule has 2 bridgehead atoms. The minimum Gasteiger partial charge on any atom is -0.475 e. The quantitative estimate of drug-likeness (QED) is 0.524. The van der Waals surface area contributed by atoms with Crippen molar-refractivity contribution in [2.24, 2.45) is 12.5 Å². The molecule has 3 saturated heterocycles. The molecule has 0 saturated carbocycles. The average Bonchev–Trinajstić information content (AvgIpc) is 3.64. The Morgan fingerprint density at radius 3 is 2.65 bits per heavy atom. The van der Waals surface area contributed by atoms with E-state index in [2.05, 4.69) is 62.2 Å². The van der Waals surface area contributed by atoms with E-state index in [4.69, 9.17) is 9.90 Å². The Kier molecular flexibility index (Phi) is 6.56. The van der Waals surface area contributed by atoms with Crippen LogP contribution in [0.1, 0.15) is 41.9 Å². The summed E-state index contributed by atoms with van der Waals surface area (Å²) >= 11 is 1.67. The normalized spacial score (nSPS) is 25.3. The predicted octanol–water partition coefficient (Wildman–Crippen LogP) is 4.73. The first kappa shape index (κ1) is 25.7. The molecular weight excluding hydrogens is 505 g/mol. The fourth-order valence-electron chi connectivity index (χ4n) is 6.48. The molecule has 1 aromatic carbocycles. The molecule has 3 aliphatic heterocycles. The lowest BCUT2D eigenvalue weighted by atomic mass is 9.72. The third kappa shape index (κ3) is 4.63. The van der Waals surface area contributed by atoms with Crippen LogP contribution in [0.5, 0.6) is 0 Å². The van der Waals surface area contributed by atoms with Crippen molar-refractivity contribution >= 4 is 34.1 Å². The summed E-state index contributed by atoms with van der Waals surface area (Å²) in [5.74, 6) is -2.38. The second-order valence-corrected chi connectivity index (χ2v) is 11.3. The summed E-state index contributed by atoms with van der Waals surface area (Å²) in [5, 5.41) is 11.6. The number of fused-ring (bicyclic) bond motifs is 4. The van der Waals surface area contributed by atoms with E-state index >= 15 is 0 Å². The SMILES string of the molecule is Cc1nc(CN2CCC3(CC4CCC3N4Cc3cn(C)c4ccccc34)C2=O)cs1.O=C(O)C(F)(F)F. The lowest BCUT2D eigenvalue weighted by Gasteiger charge is -2.32. The van der Waals surface area contributed by atoms with E-state index in [9.17, 15) is 18.0 Å². The van der Waals surface area contributed by atoms with Gasteiger partial charge >= 0.3 is 12.1 Å². The van der Waals surface area contributed by atoms with Crippen molar-refractivity contribution in [2.75, 3.05) is 6.54 Å². The number of para-hydroxylation sites is 1. The second-order valence-electron chi connectivity index (χ2n) is 10.2. The predicted molar refractivity (Wildman–Crippen MR) is 133 cm³/mol. The van der Waals surface area contributed by atoms with Crippen molar-refractivity contribution in [3.8, 4) is 0 Å². The van der Waals surface area contributed by atoms with E-state index in [0.717, 1.165) is 43.1 Å². The van der Waals surface area contributed by atoms with Crippen molar-refractivity contribution < 1.29 is 27.9 Å². The van der Waals surface area contributed by atoms with Gasteiger partial charge in [-0.05, 0) is 44.2 Å². The molecule has 3 unspecified atom stereocenters. The number of aliphatic carboxylic acids is 1. The van der Waals surface area contributed by atoms with Crippen molar-refractivity contribution in [1.29, 1.82) is 0 Å². The number of rotatable bonds is 4. The van der Waals surface area contributed by atoms with Gasteiger partial charge in [0.05, 0.1) is 22.7 Å². The minimum absolute atomic E-state index is 0.168. The van der Waals surface area contributed by atoms with Crippen LogP contribution in [0.15, 0.2) is 35.8 Å².